The number of nitrogens with one attached hydrogen (secondary N) is 1. The van der Waals surface area contributed by atoms with E-state index < -0.39 is 11.5 Å². The number of ketones is 1. The largest absolute Gasteiger partial charge is 0.486 e. The van der Waals surface area contributed by atoms with Gasteiger partial charge in [0.1, 0.15) is 12.4 Å². The molecule has 0 aromatic heterocycles. The fourth-order valence-electron chi connectivity index (χ4n) is 3.68. The molecule has 0 saturated carbocycles. The molecule has 5 heteroatoms. The monoisotopic (exact) mass is 429 g/mol. The minimum atomic E-state index is -0.593. The van der Waals surface area contributed by atoms with Crippen LogP contribution < -0.4 is 10.1 Å². The summed E-state index contributed by atoms with van der Waals surface area (Å²) in [5.41, 5.74) is 3.01. The second-order valence-electron chi connectivity index (χ2n) is 9.16. The minimum Gasteiger partial charge on any atom is -0.486 e. The Morgan fingerprint density at radius 3 is 2.77 bits per heavy atom. The van der Waals surface area contributed by atoms with Crippen LogP contribution in [0.4, 0.5) is 0 Å². The first-order valence-electron chi connectivity index (χ1n) is 10.7. The Hall–Kier alpha value is -1.88. The zero-order valence-corrected chi connectivity index (χ0v) is 18.8. The van der Waals surface area contributed by atoms with Crippen LogP contribution in [-0.4, -0.2) is 30.1 Å². The maximum atomic E-state index is 12.2. The third kappa shape index (κ3) is 6.31. The van der Waals surface area contributed by atoms with Crippen LogP contribution in [0.2, 0.25) is 5.02 Å². The first-order chi connectivity index (χ1) is 14.2. The van der Waals surface area contributed by atoms with Gasteiger partial charge in [0.05, 0.1) is 6.10 Å². The van der Waals surface area contributed by atoms with Crippen LogP contribution in [0.25, 0.3) is 0 Å². The smallest absolute Gasteiger partial charge is 0.175 e. The minimum absolute atomic E-state index is 0.0898. The molecule has 30 heavy (non-hydrogen) atoms. The van der Waals surface area contributed by atoms with Crippen molar-refractivity contribution in [2.24, 2.45) is 5.41 Å². The average Bonchev–Trinajstić information content (AvgIpc) is 2.90. The van der Waals surface area contributed by atoms with Gasteiger partial charge in [-0.25, -0.2) is 0 Å². The van der Waals surface area contributed by atoms with Gasteiger partial charge in [-0.2, -0.15) is 0 Å². The van der Waals surface area contributed by atoms with Crippen molar-refractivity contribution >= 4 is 17.4 Å². The van der Waals surface area contributed by atoms with Gasteiger partial charge in [0, 0.05) is 23.0 Å². The van der Waals surface area contributed by atoms with E-state index in [1.807, 2.05) is 45.0 Å². The molecule has 0 heterocycles. The molecule has 2 aromatic carbocycles. The van der Waals surface area contributed by atoms with E-state index in [2.05, 4.69) is 17.4 Å². The van der Waals surface area contributed by atoms with Crippen molar-refractivity contribution in [1.82, 2.24) is 5.32 Å². The lowest BCUT2D eigenvalue weighted by Crippen LogP contribution is -2.34. The van der Waals surface area contributed by atoms with Crippen molar-refractivity contribution in [2.45, 2.75) is 58.6 Å². The normalized spacial score (nSPS) is 17.7. The molecule has 1 aliphatic carbocycles. The summed E-state index contributed by atoms with van der Waals surface area (Å²) in [4.78, 5) is 12.2. The summed E-state index contributed by atoms with van der Waals surface area (Å²) in [5, 5.41) is 14.7. The highest BCUT2D eigenvalue weighted by molar-refractivity contribution is 6.30. The van der Waals surface area contributed by atoms with E-state index in [9.17, 15) is 9.90 Å². The first kappa shape index (κ1) is 22.8. The molecule has 0 fully saturated rings. The first-order valence-corrected chi connectivity index (χ1v) is 11.0. The van der Waals surface area contributed by atoms with Gasteiger partial charge in [-0.1, -0.05) is 50.6 Å². The Kier molecular flexibility index (Phi) is 7.56. The van der Waals surface area contributed by atoms with Crippen LogP contribution in [0.1, 0.15) is 56.4 Å². The van der Waals surface area contributed by atoms with E-state index in [1.54, 1.807) is 6.07 Å². The molecular weight excluding hydrogens is 398 g/mol. The maximum Gasteiger partial charge on any atom is 0.175 e. The number of fused-ring (bicyclic) bond motifs is 1. The quantitative estimate of drug-likeness (QED) is 0.614. The van der Waals surface area contributed by atoms with E-state index in [-0.39, 0.29) is 18.4 Å². The van der Waals surface area contributed by atoms with Gasteiger partial charge in [0.15, 0.2) is 5.78 Å². The summed E-state index contributed by atoms with van der Waals surface area (Å²) in [7, 11) is 0. The number of hydrogen-bond acceptors (Lipinski definition) is 4. The molecule has 2 atom stereocenters. The Labute approximate surface area is 184 Å². The highest BCUT2D eigenvalue weighted by Crippen LogP contribution is 2.26. The predicted molar refractivity (Wildman–Crippen MR) is 121 cm³/mol. The van der Waals surface area contributed by atoms with Gasteiger partial charge in [0.25, 0.3) is 0 Å². The Morgan fingerprint density at radius 1 is 1.23 bits per heavy atom. The molecule has 1 aliphatic rings. The molecular formula is C25H32ClNO3. The number of benzene rings is 2. The molecule has 4 nitrogen and oxygen atoms in total. The van der Waals surface area contributed by atoms with Crippen LogP contribution in [0.15, 0.2) is 42.5 Å². The molecule has 162 valence electrons. The third-order valence-electron chi connectivity index (χ3n) is 5.68. The molecule has 0 saturated heterocycles. The van der Waals surface area contributed by atoms with Crippen molar-refractivity contribution in [2.75, 3.05) is 13.2 Å². The molecule has 0 spiro atoms. The number of ether oxygens (including phenoxy) is 1. The second-order valence-corrected chi connectivity index (χ2v) is 9.60. The Morgan fingerprint density at radius 2 is 2.03 bits per heavy atom. The van der Waals surface area contributed by atoms with Crippen LogP contribution in [0.5, 0.6) is 5.75 Å². The van der Waals surface area contributed by atoms with Gasteiger partial charge < -0.3 is 15.2 Å². The fraction of sp³-hybridized carbons (Fsp3) is 0.480. The lowest BCUT2D eigenvalue weighted by Gasteiger charge is -2.20. The number of hydrogen-bond donors (Lipinski definition) is 2. The third-order valence-corrected chi connectivity index (χ3v) is 5.92. The van der Waals surface area contributed by atoms with E-state index >= 15 is 0 Å². The van der Waals surface area contributed by atoms with Crippen molar-refractivity contribution in [3.8, 4) is 5.75 Å². The summed E-state index contributed by atoms with van der Waals surface area (Å²) < 4.78 is 5.78. The van der Waals surface area contributed by atoms with E-state index in [0.717, 1.165) is 37.0 Å². The van der Waals surface area contributed by atoms with E-state index in [0.29, 0.717) is 11.6 Å². The molecule has 1 unspecified atom stereocenters. The lowest BCUT2D eigenvalue weighted by molar-refractivity contribution is -0.128. The SMILES string of the molecule is CC(C)(C)C(=O)COc1ccc2c(c1)CC(NC[C@H](O)c1cccc(Cl)c1)CCC2. The summed E-state index contributed by atoms with van der Waals surface area (Å²) in [6, 6.07) is 13.8. The summed E-state index contributed by atoms with van der Waals surface area (Å²) >= 11 is 6.04. The number of aryl methyl sites for hydroxylation is 1. The number of carbonyl (C=O) groups is 1. The van der Waals surface area contributed by atoms with Gasteiger partial charge in [-0.15, -0.1) is 0 Å². The molecule has 3 rings (SSSR count). The number of aliphatic hydroxyl groups is 1. The fourth-order valence-corrected chi connectivity index (χ4v) is 3.88. The topological polar surface area (TPSA) is 58.6 Å². The lowest BCUT2D eigenvalue weighted by atomic mass is 9.91. The highest BCUT2D eigenvalue weighted by atomic mass is 35.5. The number of aliphatic hydroxyl groups excluding tert-OH is 1. The van der Waals surface area contributed by atoms with Gasteiger partial charge in [0.2, 0.25) is 0 Å². The predicted octanol–water partition coefficient (Wildman–Crippen LogP) is 4.90. The van der Waals surface area contributed by atoms with Gasteiger partial charge >= 0.3 is 0 Å². The van der Waals surface area contributed by atoms with Crippen LogP contribution in [0.3, 0.4) is 0 Å². The Bertz CT molecular complexity index is 875. The van der Waals surface area contributed by atoms with Gasteiger partial charge in [-0.05, 0) is 66.6 Å². The summed E-state index contributed by atoms with van der Waals surface area (Å²) in [5.74, 6) is 0.831. The standard InChI is InChI=1S/C25H32ClNO3/c1-25(2,3)24(29)16-30-22-11-10-17-6-5-9-21(13-19(17)14-22)27-15-23(28)18-7-4-8-20(26)12-18/h4,7-8,10-12,14,21,23,27-28H,5-6,9,13,15-16H2,1-3H3/t21?,23-/m0/s1. The Balaban J connectivity index is 1.60. The van der Waals surface area contributed by atoms with E-state index in [1.165, 1.54) is 11.1 Å². The molecule has 0 bridgehead atoms. The number of Topliss-reactive ketones (excluding diaryl/α,β-unsaturated/α-hetero) is 1. The number of carbonyl (C=O) groups excluding carboxylic acids is 1. The van der Waals surface area contributed by atoms with Crippen molar-refractivity contribution in [3.05, 3.63) is 64.2 Å². The van der Waals surface area contributed by atoms with Crippen molar-refractivity contribution in [1.29, 1.82) is 0 Å². The molecule has 0 radical (unpaired) electrons. The average molecular weight is 430 g/mol. The van der Waals surface area contributed by atoms with Crippen molar-refractivity contribution in [3.63, 3.8) is 0 Å². The number of halogens is 1. The number of rotatable bonds is 7. The van der Waals surface area contributed by atoms with E-state index in [4.69, 9.17) is 16.3 Å². The van der Waals surface area contributed by atoms with Gasteiger partial charge in [-0.3, -0.25) is 4.79 Å². The zero-order chi connectivity index (χ0) is 21.7. The van der Waals surface area contributed by atoms with Crippen LogP contribution >= 0.6 is 11.6 Å². The highest BCUT2D eigenvalue weighted by Gasteiger charge is 2.22. The van der Waals surface area contributed by atoms with Crippen LogP contribution in [0, 0.1) is 5.41 Å². The molecule has 2 N–H and O–H groups in total. The second kappa shape index (κ2) is 9.95. The van der Waals surface area contributed by atoms with Crippen LogP contribution in [-0.2, 0) is 17.6 Å². The molecule has 0 amide bonds. The summed E-state index contributed by atoms with van der Waals surface area (Å²) in [6.45, 7) is 6.30. The zero-order valence-electron chi connectivity index (χ0n) is 18.1. The summed E-state index contributed by atoms with van der Waals surface area (Å²) in [6.07, 6.45) is 3.47. The maximum absolute atomic E-state index is 12.2. The molecule has 2 aromatic rings. The van der Waals surface area contributed by atoms with Crippen molar-refractivity contribution < 1.29 is 14.6 Å². The molecule has 0 aliphatic heterocycles.